The lowest BCUT2D eigenvalue weighted by Crippen LogP contribution is -2.10. The Morgan fingerprint density at radius 1 is 1.17 bits per heavy atom. The molecule has 0 saturated heterocycles. The van der Waals surface area contributed by atoms with Gasteiger partial charge in [0.25, 0.3) is 0 Å². The summed E-state index contributed by atoms with van der Waals surface area (Å²) in [6, 6.07) is 9.14. The van der Waals surface area contributed by atoms with Gasteiger partial charge >= 0.3 is 5.97 Å². The van der Waals surface area contributed by atoms with Crippen molar-refractivity contribution in [1.82, 2.24) is 0 Å². The van der Waals surface area contributed by atoms with E-state index in [0.717, 1.165) is 0 Å². The van der Waals surface area contributed by atoms with Gasteiger partial charge in [0.15, 0.2) is 0 Å². The molecule has 1 rings (SSSR count). The van der Waals surface area contributed by atoms with Gasteiger partial charge in [0, 0.05) is 5.57 Å². The number of para-hydroxylation sites is 1. The minimum absolute atomic E-state index is 0. The van der Waals surface area contributed by atoms with Crippen molar-refractivity contribution in [2.24, 2.45) is 0 Å². The van der Waals surface area contributed by atoms with Gasteiger partial charge in [-0.15, -0.1) is 0 Å². The fourth-order valence-corrected chi connectivity index (χ4v) is 0.791. The molecule has 0 unspecified atom stereocenters. The van der Waals surface area contributed by atoms with E-state index in [9.17, 15) is 4.79 Å². The van der Waals surface area contributed by atoms with E-state index in [4.69, 9.17) is 9.47 Å². The highest BCUT2D eigenvalue weighted by atomic mass is 16.7. The van der Waals surface area contributed by atoms with Gasteiger partial charge in [0.1, 0.15) is 5.75 Å². The maximum Gasteiger partial charge on any atom is 0.335 e. The van der Waals surface area contributed by atoms with Crippen molar-refractivity contribution >= 4 is 5.97 Å². The standard InChI is InChI=1S/C11H12O3.C2H6.2CH4/c1-9(2)11(12)14-8-13-10-6-4-3-5-7-10;1-2;;/h3-7H,1,8H2,2H3;1-2H3;2*1H4. The Morgan fingerprint density at radius 2 is 1.67 bits per heavy atom. The third-order valence-corrected chi connectivity index (χ3v) is 1.51. The molecule has 0 bridgehead atoms. The first-order valence-corrected chi connectivity index (χ1v) is 5.20. The number of ether oxygens (including phenoxy) is 2. The summed E-state index contributed by atoms with van der Waals surface area (Å²) in [5.41, 5.74) is 0.363. The minimum atomic E-state index is -0.444. The summed E-state index contributed by atoms with van der Waals surface area (Å²) in [4.78, 5) is 10.9. The van der Waals surface area contributed by atoms with Gasteiger partial charge in [-0.25, -0.2) is 4.79 Å². The van der Waals surface area contributed by atoms with Gasteiger partial charge in [0.2, 0.25) is 6.79 Å². The Morgan fingerprint density at radius 3 is 2.11 bits per heavy atom. The monoisotopic (exact) mass is 254 g/mol. The maximum atomic E-state index is 10.9. The van der Waals surface area contributed by atoms with Crippen LogP contribution >= 0.6 is 0 Å². The van der Waals surface area contributed by atoms with Crippen molar-refractivity contribution in [3.63, 3.8) is 0 Å². The second-order valence-electron chi connectivity index (χ2n) is 2.79. The van der Waals surface area contributed by atoms with Crippen molar-refractivity contribution in [3.8, 4) is 5.75 Å². The number of hydrogen-bond acceptors (Lipinski definition) is 3. The molecule has 0 amide bonds. The smallest absolute Gasteiger partial charge is 0.335 e. The van der Waals surface area contributed by atoms with E-state index in [1.807, 2.05) is 32.0 Å². The summed E-state index contributed by atoms with van der Waals surface area (Å²) in [5.74, 6) is 0.225. The van der Waals surface area contributed by atoms with Gasteiger partial charge in [-0.3, -0.25) is 0 Å². The molecule has 0 radical (unpaired) electrons. The normalized spacial score (nSPS) is 7.50. The Bertz CT molecular complexity index is 318. The molecule has 0 aromatic heterocycles. The highest BCUT2D eigenvalue weighted by Crippen LogP contribution is 2.08. The third-order valence-electron chi connectivity index (χ3n) is 1.51. The lowest BCUT2D eigenvalue weighted by Gasteiger charge is -2.06. The third kappa shape index (κ3) is 9.46. The van der Waals surface area contributed by atoms with E-state index < -0.39 is 5.97 Å². The molecular weight excluding hydrogens is 228 g/mol. The van der Waals surface area contributed by atoms with Gasteiger partial charge in [0.05, 0.1) is 0 Å². The van der Waals surface area contributed by atoms with Crippen LogP contribution in [0.25, 0.3) is 0 Å². The lowest BCUT2D eigenvalue weighted by molar-refractivity contribution is -0.145. The summed E-state index contributed by atoms with van der Waals surface area (Å²) >= 11 is 0. The molecule has 0 aliphatic carbocycles. The topological polar surface area (TPSA) is 35.5 Å². The summed E-state index contributed by atoms with van der Waals surface area (Å²) in [7, 11) is 0. The van der Waals surface area contributed by atoms with Crippen molar-refractivity contribution in [2.45, 2.75) is 35.6 Å². The second-order valence-corrected chi connectivity index (χ2v) is 2.79. The minimum Gasteiger partial charge on any atom is -0.457 e. The molecule has 0 saturated carbocycles. The zero-order chi connectivity index (χ0) is 12.4. The number of carbonyl (C=O) groups is 1. The van der Waals surface area contributed by atoms with E-state index in [2.05, 4.69) is 6.58 Å². The first kappa shape index (κ1) is 21.5. The first-order valence-electron chi connectivity index (χ1n) is 5.20. The fraction of sp³-hybridized carbons (Fsp3) is 0.400. The average molecular weight is 254 g/mol. The molecule has 3 heteroatoms. The van der Waals surface area contributed by atoms with Crippen LogP contribution in [-0.2, 0) is 9.53 Å². The predicted octanol–water partition coefficient (Wildman–Crippen LogP) is 4.44. The average Bonchev–Trinajstić information content (AvgIpc) is 2.33. The zero-order valence-corrected chi connectivity index (χ0v) is 10.0. The van der Waals surface area contributed by atoms with E-state index in [0.29, 0.717) is 11.3 Å². The molecule has 0 fully saturated rings. The number of carbonyl (C=O) groups excluding carboxylic acids is 1. The number of esters is 1. The molecule has 0 atom stereocenters. The summed E-state index contributed by atoms with van der Waals surface area (Å²) in [5, 5.41) is 0. The van der Waals surface area contributed by atoms with E-state index in [1.54, 1.807) is 19.1 Å². The largest absolute Gasteiger partial charge is 0.457 e. The van der Waals surface area contributed by atoms with Crippen molar-refractivity contribution in [3.05, 3.63) is 42.5 Å². The molecule has 0 heterocycles. The van der Waals surface area contributed by atoms with Crippen LogP contribution < -0.4 is 4.74 Å². The Hall–Kier alpha value is -1.77. The summed E-state index contributed by atoms with van der Waals surface area (Å²) < 4.78 is 9.89. The molecule has 0 aliphatic rings. The SMILES string of the molecule is C.C.C=C(C)C(=O)OCOc1ccccc1.CC. The summed E-state index contributed by atoms with van der Waals surface area (Å²) in [6.07, 6.45) is 0. The number of benzene rings is 1. The van der Waals surface area contributed by atoms with Crippen LogP contribution in [0, 0.1) is 0 Å². The van der Waals surface area contributed by atoms with Crippen molar-refractivity contribution < 1.29 is 14.3 Å². The van der Waals surface area contributed by atoms with Crippen molar-refractivity contribution in [1.29, 1.82) is 0 Å². The fourth-order valence-electron chi connectivity index (χ4n) is 0.791. The molecule has 0 N–H and O–H groups in total. The molecule has 3 nitrogen and oxygen atoms in total. The zero-order valence-electron chi connectivity index (χ0n) is 10.0. The van der Waals surface area contributed by atoms with Crippen LogP contribution in [0.1, 0.15) is 35.6 Å². The van der Waals surface area contributed by atoms with E-state index in [-0.39, 0.29) is 21.6 Å². The van der Waals surface area contributed by atoms with Crippen LogP contribution in [0.15, 0.2) is 42.5 Å². The quantitative estimate of drug-likeness (QED) is 0.452. The number of rotatable bonds is 4. The Kier molecular flexibility index (Phi) is 15.9. The van der Waals surface area contributed by atoms with E-state index >= 15 is 0 Å². The van der Waals surface area contributed by atoms with Crippen LogP contribution in [0.5, 0.6) is 5.75 Å². The van der Waals surface area contributed by atoms with Gasteiger partial charge in [-0.05, 0) is 19.1 Å². The molecule has 104 valence electrons. The number of hydrogen-bond donors (Lipinski definition) is 0. The predicted molar refractivity (Wildman–Crippen MR) is 77.7 cm³/mol. The molecule has 1 aromatic carbocycles. The van der Waals surface area contributed by atoms with Gasteiger partial charge in [-0.1, -0.05) is 53.5 Å². The van der Waals surface area contributed by atoms with Crippen molar-refractivity contribution in [2.75, 3.05) is 6.79 Å². The lowest BCUT2D eigenvalue weighted by atomic mass is 10.3. The van der Waals surface area contributed by atoms with Gasteiger partial charge < -0.3 is 9.47 Å². The van der Waals surface area contributed by atoms with Crippen LogP contribution in [-0.4, -0.2) is 12.8 Å². The van der Waals surface area contributed by atoms with Crippen LogP contribution in [0.3, 0.4) is 0 Å². The molecular formula is C15H26O3. The molecule has 1 aromatic rings. The molecule has 0 spiro atoms. The molecule has 0 aliphatic heterocycles. The Balaban J connectivity index is -0.000000534. The van der Waals surface area contributed by atoms with Gasteiger partial charge in [-0.2, -0.15) is 0 Å². The highest BCUT2D eigenvalue weighted by molar-refractivity contribution is 5.86. The van der Waals surface area contributed by atoms with Crippen LogP contribution in [0.4, 0.5) is 0 Å². The second kappa shape index (κ2) is 13.3. The molecule has 18 heavy (non-hydrogen) atoms. The maximum absolute atomic E-state index is 10.9. The van der Waals surface area contributed by atoms with Crippen LogP contribution in [0.2, 0.25) is 0 Å². The summed E-state index contributed by atoms with van der Waals surface area (Å²) in [6.45, 7) is 8.95. The van der Waals surface area contributed by atoms with E-state index in [1.165, 1.54) is 0 Å². The highest BCUT2D eigenvalue weighted by Gasteiger charge is 2.02. The Labute approximate surface area is 111 Å². The first-order chi connectivity index (χ1) is 7.70.